The van der Waals surface area contributed by atoms with Crippen LogP contribution < -0.4 is 5.32 Å². The van der Waals surface area contributed by atoms with Crippen molar-refractivity contribution in [1.29, 1.82) is 0 Å². The Morgan fingerprint density at radius 3 is 2.38 bits per heavy atom. The van der Waals surface area contributed by atoms with Crippen LogP contribution in [-0.4, -0.2) is 25.2 Å². The zero-order chi connectivity index (χ0) is 22.7. The van der Waals surface area contributed by atoms with Crippen LogP contribution in [0, 0.1) is 21.8 Å². The molecular weight excluding hydrogens is 426 g/mol. The maximum atomic E-state index is 12.7. The van der Waals surface area contributed by atoms with Gasteiger partial charge in [0.05, 0.1) is 4.92 Å². The number of nitrogens with one attached hydrogen (secondary N) is 1. The number of anilines is 1. The maximum Gasteiger partial charge on any atom is 0.292 e. The molecule has 4 aromatic rings. The van der Waals surface area contributed by atoms with Crippen LogP contribution in [0.4, 0.5) is 11.4 Å². The van der Waals surface area contributed by atoms with E-state index in [1.54, 1.807) is 16.7 Å². The van der Waals surface area contributed by atoms with E-state index < -0.39 is 10.8 Å². The second-order valence-electron chi connectivity index (χ2n) is 7.12. The Labute approximate surface area is 188 Å². The second kappa shape index (κ2) is 8.94. The summed E-state index contributed by atoms with van der Waals surface area (Å²) in [5, 5.41) is 18.4. The van der Waals surface area contributed by atoms with Gasteiger partial charge in [-0.2, -0.15) is 5.10 Å². The number of carbonyl (C=O) groups excluding carboxylic acids is 1. The number of hydrogen-bond acceptors (Lipinski definition) is 5. The number of hydrogen-bond donors (Lipinski definition) is 1. The van der Waals surface area contributed by atoms with Gasteiger partial charge in [0, 0.05) is 17.3 Å². The number of aromatic nitrogens is 3. The van der Waals surface area contributed by atoms with Crippen molar-refractivity contribution in [2.75, 3.05) is 5.32 Å². The summed E-state index contributed by atoms with van der Waals surface area (Å²) in [5.41, 5.74) is 2.72. The van der Waals surface area contributed by atoms with E-state index in [0.717, 1.165) is 16.8 Å². The van der Waals surface area contributed by atoms with Gasteiger partial charge >= 0.3 is 0 Å². The second-order valence-corrected chi connectivity index (χ2v) is 7.49. The third kappa shape index (κ3) is 4.33. The van der Waals surface area contributed by atoms with Crippen LogP contribution in [0.15, 0.2) is 78.9 Å². The first-order valence-electron chi connectivity index (χ1n) is 9.79. The monoisotopic (exact) mass is 445 g/mol. The molecule has 3 aromatic carbocycles. The van der Waals surface area contributed by atoms with Crippen LogP contribution in [0.3, 0.4) is 0 Å². The van der Waals surface area contributed by atoms with Gasteiger partial charge in [0.1, 0.15) is 12.2 Å². The Morgan fingerprint density at radius 1 is 1.03 bits per heavy atom. The highest BCUT2D eigenvalue weighted by molar-refractivity contribution is 7.71. The van der Waals surface area contributed by atoms with Crippen molar-refractivity contribution in [3.63, 3.8) is 0 Å². The third-order valence-electron chi connectivity index (χ3n) is 4.83. The number of nitro benzene ring substituents is 1. The van der Waals surface area contributed by atoms with Crippen molar-refractivity contribution in [2.24, 2.45) is 0 Å². The van der Waals surface area contributed by atoms with Gasteiger partial charge < -0.3 is 5.32 Å². The van der Waals surface area contributed by atoms with Gasteiger partial charge in [-0.05, 0) is 37.3 Å². The summed E-state index contributed by atoms with van der Waals surface area (Å²) in [6.45, 7) is 1.81. The minimum atomic E-state index is -0.541. The SMILES string of the molecule is Cc1ccc(-c2nn(CC(=O)Nc3ccccc3[N+](=O)[O-])c(=S)n2-c2ccccc2)cc1. The van der Waals surface area contributed by atoms with Gasteiger partial charge in [0.15, 0.2) is 5.82 Å². The molecule has 0 aliphatic rings. The Kier molecular flexibility index (Phi) is 5.91. The average molecular weight is 446 g/mol. The van der Waals surface area contributed by atoms with Crippen molar-refractivity contribution >= 4 is 29.5 Å². The zero-order valence-corrected chi connectivity index (χ0v) is 18.0. The van der Waals surface area contributed by atoms with E-state index in [1.165, 1.54) is 16.8 Å². The molecule has 0 aliphatic carbocycles. The highest BCUT2D eigenvalue weighted by Crippen LogP contribution is 2.25. The maximum absolute atomic E-state index is 12.7. The quantitative estimate of drug-likeness (QED) is 0.258. The molecule has 160 valence electrons. The predicted molar refractivity (Wildman–Crippen MR) is 124 cm³/mol. The number of carbonyl (C=O) groups is 1. The number of amides is 1. The summed E-state index contributed by atoms with van der Waals surface area (Å²) < 4.78 is 3.56. The molecule has 32 heavy (non-hydrogen) atoms. The molecule has 4 rings (SSSR count). The highest BCUT2D eigenvalue weighted by Gasteiger charge is 2.18. The third-order valence-corrected chi connectivity index (χ3v) is 5.23. The van der Waals surface area contributed by atoms with Crippen LogP contribution in [0.1, 0.15) is 5.56 Å². The molecule has 0 bridgehead atoms. The Bertz CT molecular complexity index is 1340. The van der Waals surface area contributed by atoms with Gasteiger partial charge in [-0.25, -0.2) is 4.68 Å². The number of benzene rings is 3. The molecule has 9 heteroatoms. The molecule has 1 amide bonds. The summed E-state index contributed by atoms with van der Waals surface area (Å²) in [4.78, 5) is 23.4. The lowest BCUT2D eigenvalue weighted by molar-refractivity contribution is -0.383. The first-order chi connectivity index (χ1) is 15.4. The summed E-state index contributed by atoms with van der Waals surface area (Å²) in [5.74, 6) is 0.128. The van der Waals surface area contributed by atoms with Crippen LogP contribution in [0.25, 0.3) is 17.1 Å². The fourth-order valence-corrected chi connectivity index (χ4v) is 3.57. The molecule has 0 spiro atoms. The lowest BCUT2D eigenvalue weighted by Gasteiger charge is -2.07. The first-order valence-corrected chi connectivity index (χ1v) is 10.2. The molecule has 0 saturated heterocycles. The normalized spacial score (nSPS) is 10.7. The van der Waals surface area contributed by atoms with E-state index in [9.17, 15) is 14.9 Å². The predicted octanol–water partition coefficient (Wildman–Crippen LogP) is 4.93. The molecule has 1 N–H and O–H groups in total. The molecule has 0 atom stereocenters. The number of nitrogens with zero attached hydrogens (tertiary/aromatic N) is 4. The Hall–Kier alpha value is -4.11. The fourth-order valence-electron chi connectivity index (χ4n) is 3.27. The number of aryl methyl sites for hydroxylation is 1. The van der Waals surface area contributed by atoms with Gasteiger partial charge in [0.2, 0.25) is 10.7 Å². The zero-order valence-electron chi connectivity index (χ0n) is 17.1. The number of nitro groups is 1. The summed E-state index contributed by atoms with van der Waals surface area (Å²) in [6, 6.07) is 23.4. The molecule has 1 aromatic heterocycles. The summed E-state index contributed by atoms with van der Waals surface area (Å²) in [6.07, 6.45) is 0. The van der Waals surface area contributed by atoms with E-state index >= 15 is 0 Å². The highest BCUT2D eigenvalue weighted by atomic mass is 32.1. The van der Waals surface area contributed by atoms with E-state index in [2.05, 4.69) is 10.4 Å². The minimum absolute atomic E-state index is 0.121. The van der Waals surface area contributed by atoms with E-state index in [-0.39, 0.29) is 17.9 Å². The van der Waals surface area contributed by atoms with Crippen molar-refractivity contribution in [2.45, 2.75) is 13.5 Å². The largest absolute Gasteiger partial charge is 0.319 e. The number of rotatable bonds is 6. The molecule has 1 heterocycles. The Balaban J connectivity index is 1.71. The van der Waals surface area contributed by atoms with Gasteiger partial charge in [-0.15, -0.1) is 0 Å². The van der Waals surface area contributed by atoms with Gasteiger partial charge in [0.25, 0.3) is 5.69 Å². The van der Waals surface area contributed by atoms with Crippen molar-refractivity contribution in [3.05, 3.63) is 99.3 Å². The average Bonchev–Trinajstić information content (AvgIpc) is 3.10. The molecule has 0 aliphatic heterocycles. The van der Waals surface area contributed by atoms with Crippen molar-refractivity contribution in [3.8, 4) is 17.1 Å². The van der Waals surface area contributed by atoms with E-state index in [1.807, 2.05) is 61.5 Å². The summed E-state index contributed by atoms with van der Waals surface area (Å²) in [7, 11) is 0. The fraction of sp³-hybridized carbons (Fsp3) is 0.0870. The van der Waals surface area contributed by atoms with Crippen molar-refractivity contribution < 1.29 is 9.72 Å². The molecule has 8 nitrogen and oxygen atoms in total. The summed E-state index contributed by atoms with van der Waals surface area (Å²) >= 11 is 5.65. The van der Waals surface area contributed by atoms with E-state index in [4.69, 9.17) is 12.2 Å². The number of para-hydroxylation sites is 3. The van der Waals surface area contributed by atoms with E-state index in [0.29, 0.717) is 10.6 Å². The molecule has 0 saturated carbocycles. The van der Waals surface area contributed by atoms with Crippen LogP contribution in [0.2, 0.25) is 0 Å². The van der Waals surface area contributed by atoms with Gasteiger partial charge in [-0.1, -0.05) is 60.2 Å². The molecular formula is C23H19N5O3S. The first kappa shape index (κ1) is 21.1. The molecule has 0 radical (unpaired) electrons. The lowest BCUT2D eigenvalue weighted by Crippen LogP contribution is -2.20. The van der Waals surface area contributed by atoms with Gasteiger partial charge in [-0.3, -0.25) is 19.5 Å². The smallest absolute Gasteiger partial charge is 0.292 e. The van der Waals surface area contributed by atoms with Crippen molar-refractivity contribution in [1.82, 2.24) is 14.3 Å². The standard InChI is InChI=1S/C23H19N5O3S/c1-16-11-13-17(14-12-16)22-25-26(23(32)27(22)18-7-3-2-4-8-18)15-21(29)24-19-9-5-6-10-20(19)28(30)31/h2-14H,15H2,1H3,(H,24,29). The molecule has 0 unspecified atom stereocenters. The van der Waals surface area contributed by atoms with Crippen LogP contribution >= 0.6 is 12.2 Å². The Morgan fingerprint density at radius 2 is 1.69 bits per heavy atom. The van der Waals surface area contributed by atoms with Crippen LogP contribution in [0.5, 0.6) is 0 Å². The topological polar surface area (TPSA) is 95.0 Å². The minimum Gasteiger partial charge on any atom is -0.319 e. The lowest BCUT2D eigenvalue weighted by atomic mass is 10.1. The molecule has 0 fully saturated rings. The van der Waals surface area contributed by atoms with Crippen LogP contribution in [-0.2, 0) is 11.3 Å².